The van der Waals surface area contributed by atoms with E-state index in [1.54, 1.807) is 16.0 Å². The molecule has 0 aliphatic carbocycles. The summed E-state index contributed by atoms with van der Waals surface area (Å²) in [5.41, 5.74) is 5.15. The van der Waals surface area contributed by atoms with Gasteiger partial charge in [-0.3, -0.25) is 9.48 Å². The monoisotopic (exact) mass is 354 g/mol. The van der Waals surface area contributed by atoms with E-state index in [1.807, 2.05) is 38.3 Å². The Morgan fingerprint density at radius 1 is 1.55 bits per heavy atom. The van der Waals surface area contributed by atoms with E-state index in [9.17, 15) is 4.79 Å². The van der Waals surface area contributed by atoms with Gasteiger partial charge in [0, 0.05) is 4.88 Å². The van der Waals surface area contributed by atoms with Gasteiger partial charge in [-0.05, 0) is 48.1 Å². The smallest absolute Gasteiger partial charge is 0.261 e. The lowest BCUT2D eigenvalue weighted by Crippen LogP contribution is -2.25. The van der Waals surface area contributed by atoms with Gasteiger partial charge in [-0.2, -0.15) is 10.2 Å². The Labute approximate surface area is 129 Å². The van der Waals surface area contributed by atoms with Crippen molar-refractivity contribution < 1.29 is 4.79 Å². The molecule has 0 radical (unpaired) electrons. The van der Waals surface area contributed by atoms with Crippen molar-refractivity contribution in [3.05, 3.63) is 38.3 Å². The van der Waals surface area contributed by atoms with Crippen LogP contribution in [0.15, 0.2) is 27.1 Å². The maximum absolute atomic E-state index is 11.9. The molecule has 20 heavy (non-hydrogen) atoms. The summed E-state index contributed by atoms with van der Waals surface area (Å²) in [5.74, 6) is -0.195. The van der Waals surface area contributed by atoms with Gasteiger partial charge in [0.15, 0.2) is 0 Å². The summed E-state index contributed by atoms with van der Waals surface area (Å²) >= 11 is 5.03. The molecule has 0 aromatic carbocycles. The van der Waals surface area contributed by atoms with E-state index in [2.05, 4.69) is 31.6 Å². The van der Waals surface area contributed by atoms with E-state index >= 15 is 0 Å². The van der Waals surface area contributed by atoms with Gasteiger partial charge in [-0.15, -0.1) is 11.3 Å². The Bertz CT molecular complexity index is 646. The largest absolute Gasteiger partial charge is 0.271 e. The molecule has 2 rings (SSSR count). The molecule has 2 heterocycles. The summed E-state index contributed by atoms with van der Waals surface area (Å²) in [7, 11) is 0. The second-order valence-electron chi connectivity index (χ2n) is 4.35. The fraction of sp³-hybridized carbons (Fsp3) is 0.308. The van der Waals surface area contributed by atoms with E-state index in [4.69, 9.17) is 0 Å². The van der Waals surface area contributed by atoms with Crippen LogP contribution in [0.2, 0.25) is 0 Å². The normalized spacial score (nSPS) is 11.7. The minimum absolute atomic E-state index is 0.152. The molecular formula is C13H15BrN4OS. The van der Waals surface area contributed by atoms with Gasteiger partial charge in [-0.25, -0.2) is 5.43 Å². The van der Waals surface area contributed by atoms with E-state index in [0.717, 1.165) is 26.4 Å². The molecule has 1 N–H and O–H groups in total. The van der Waals surface area contributed by atoms with Gasteiger partial charge in [0.05, 0.1) is 21.6 Å². The van der Waals surface area contributed by atoms with Gasteiger partial charge in [-0.1, -0.05) is 6.07 Å². The van der Waals surface area contributed by atoms with Crippen molar-refractivity contribution in [3.8, 4) is 0 Å². The third-order valence-electron chi connectivity index (χ3n) is 2.81. The standard InChI is InChI=1S/C13H15BrN4OS/c1-8(11-5-4-6-20-11)15-16-12(19)7-18-10(3)13(14)9(2)17-18/h4-6H,7H2,1-3H3,(H,16,19)/b15-8-. The summed E-state index contributed by atoms with van der Waals surface area (Å²) in [5, 5.41) is 10.4. The van der Waals surface area contributed by atoms with E-state index in [0.29, 0.717) is 0 Å². The van der Waals surface area contributed by atoms with Crippen molar-refractivity contribution in [1.82, 2.24) is 15.2 Å². The second kappa shape index (κ2) is 6.32. The van der Waals surface area contributed by atoms with Crippen molar-refractivity contribution in [2.75, 3.05) is 0 Å². The number of aromatic nitrogens is 2. The number of carbonyl (C=O) groups excluding carboxylic acids is 1. The highest BCUT2D eigenvalue weighted by Gasteiger charge is 2.11. The molecule has 2 aromatic rings. The maximum Gasteiger partial charge on any atom is 0.261 e. The average Bonchev–Trinajstić information content (AvgIpc) is 3.02. The summed E-state index contributed by atoms with van der Waals surface area (Å²) in [6.07, 6.45) is 0. The fourth-order valence-electron chi connectivity index (χ4n) is 1.69. The van der Waals surface area contributed by atoms with Crippen LogP contribution < -0.4 is 5.43 Å². The number of hydrazone groups is 1. The third-order valence-corrected chi connectivity index (χ3v) is 4.94. The topological polar surface area (TPSA) is 59.3 Å². The molecule has 2 aromatic heterocycles. The van der Waals surface area contributed by atoms with Crippen LogP contribution in [0.4, 0.5) is 0 Å². The minimum atomic E-state index is -0.195. The molecule has 0 spiro atoms. The molecule has 0 aliphatic heterocycles. The lowest BCUT2D eigenvalue weighted by atomic mass is 10.3. The molecule has 0 fully saturated rings. The lowest BCUT2D eigenvalue weighted by Gasteiger charge is -2.04. The Morgan fingerprint density at radius 2 is 2.30 bits per heavy atom. The van der Waals surface area contributed by atoms with Gasteiger partial charge >= 0.3 is 0 Å². The van der Waals surface area contributed by atoms with Crippen molar-refractivity contribution in [2.24, 2.45) is 5.10 Å². The van der Waals surface area contributed by atoms with Crippen molar-refractivity contribution in [2.45, 2.75) is 27.3 Å². The Hall–Kier alpha value is -1.47. The van der Waals surface area contributed by atoms with E-state index in [-0.39, 0.29) is 12.5 Å². The summed E-state index contributed by atoms with van der Waals surface area (Å²) in [6, 6.07) is 3.92. The molecule has 0 bridgehead atoms. The number of hydrogen-bond donors (Lipinski definition) is 1. The Morgan fingerprint density at radius 3 is 2.85 bits per heavy atom. The molecule has 0 saturated carbocycles. The van der Waals surface area contributed by atoms with Crippen LogP contribution >= 0.6 is 27.3 Å². The summed E-state index contributed by atoms with van der Waals surface area (Å²) in [4.78, 5) is 12.9. The Kier molecular flexibility index (Phi) is 4.72. The molecule has 0 aliphatic rings. The number of nitrogens with zero attached hydrogens (tertiary/aromatic N) is 3. The number of hydrogen-bond acceptors (Lipinski definition) is 4. The second-order valence-corrected chi connectivity index (χ2v) is 6.09. The number of carbonyl (C=O) groups is 1. The minimum Gasteiger partial charge on any atom is -0.271 e. The molecule has 0 saturated heterocycles. The van der Waals surface area contributed by atoms with Crippen LogP contribution in [-0.2, 0) is 11.3 Å². The highest BCUT2D eigenvalue weighted by Crippen LogP contribution is 2.19. The first-order chi connectivity index (χ1) is 9.49. The predicted octanol–water partition coefficient (Wildman–Crippen LogP) is 2.86. The first-order valence-corrected chi connectivity index (χ1v) is 7.73. The summed E-state index contributed by atoms with van der Waals surface area (Å²) < 4.78 is 2.59. The van der Waals surface area contributed by atoms with Gasteiger partial charge in [0.2, 0.25) is 0 Å². The van der Waals surface area contributed by atoms with Crippen LogP contribution in [0.5, 0.6) is 0 Å². The van der Waals surface area contributed by atoms with Crippen LogP contribution in [0.25, 0.3) is 0 Å². The zero-order valence-electron chi connectivity index (χ0n) is 11.5. The van der Waals surface area contributed by atoms with Crippen LogP contribution in [0, 0.1) is 13.8 Å². The maximum atomic E-state index is 11.9. The van der Waals surface area contributed by atoms with Crippen LogP contribution in [0.1, 0.15) is 23.2 Å². The van der Waals surface area contributed by atoms with Crippen molar-refractivity contribution >= 4 is 38.9 Å². The van der Waals surface area contributed by atoms with Crippen molar-refractivity contribution in [3.63, 3.8) is 0 Å². The first kappa shape index (κ1) is 14.9. The lowest BCUT2D eigenvalue weighted by molar-refractivity contribution is -0.121. The molecule has 106 valence electrons. The zero-order valence-corrected chi connectivity index (χ0v) is 13.9. The van der Waals surface area contributed by atoms with Gasteiger partial charge in [0.25, 0.3) is 5.91 Å². The third kappa shape index (κ3) is 3.34. The van der Waals surface area contributed by atoms with Gasteiger partial charge in [0.1, 0.15) is 6.54 Å². The average molecular weight is 355 g/mol. The number of amides is 1. The number of aryl methyl sites for hydroxylation is 1. The number of halogens is 1. The van der Waals surface area contributed by atoms with E-state index < -0.39 is 0 Å². The van der Waals surface area contributed by atoms with Crippen LogP contribution in [0.3, 0.4) is 0 Å². The molecule has 0 atom stereocenters. The van der Waals surface area contributed by atoms with Gasteiger partial charge < -0.3 is 0 Å². The molecule has 7 heteroatoms. The summed E-state index contributed by atoms with van der Waals surface area (Å²) in [6.45, 7) is 5.83. The first-order valence-electron chi connectivity index (χ1n) is 6.05. The van der Waals surface area contributed by atoms with Crippen LogP contribution in [-0.4, -0.2) is 21.4 Å². The quantitative estimate of drug-likeness (QED) is 0.677. The number of thiophene rings is 1. The van der Waals surface area contributed by atoms with Crippen molar-refractivity contribution in [1.29, 1.82) is 0 Å². The molecule has 0 unspecified atom stereocenters. The fourth-order valence-corrected chi connectivity index (χ4v) is 2.65. The number of rotatable bonds is 4. The molecule has 1 amide bonds. The SMILES string of the molecule is C/C(=N/NC(=O)Cn1nc(C)c(Br)c1C)c1cccs1. The number of nitrogens with one attached hydrogen (secondary N) is 1. The predicted molar refractivity (Wildman–Crippen MR) is 84.1 cm³/mol. The highest BCUT2D eigenvalue weighted by atomic mass is 79.9. The Balaban J connectivity index is 1.99. The highest BCUT2D eigenvalue weighted by molar-refractivity contribution is 9.10. The molecular weight excluding hydrogens is 340 g/mol. The van der Waals surface area contributed by atoms with E-state index in [1.165, 1.54) is 0 Å². The zero-order chi connectivity index (χ0) is 14.7. The molecule has 5 nitrogen and oxygen atoms in total.